The predicted molar refractivity (Wildman–Crippen MR) is 89.2 cm³/mol. The van der Waals surface area contributed by atoms with Crippen molar-refractivity contribution < 1.29 is 4.74 Å². The first-order valence-electron chi connectivity index (χ1n) is 7.74. The van der Waals surface area contributed by atoms with Gasteiger partial charge in [0.2, 0.25) is 0 Å². The van der Waals surface area contributed by atoms with E-state index in [9.17, 15) is 0 Å². The average molecular weight is 321 g/mol. The number of morpholine rings is 1. The minimum absolute atomic E-state index is 0.0384. The third-order valence-electron chi connectivity index (χ3n) is 3.71. The molecule has 0 aromatic heterocycles. The van der Waals surface area contributed by atoms with Gasteiger partial charge in [-0.3, -0.25) is 4.90 Å². The van der Waals surface area contributed by atoms with Crippen LogP contribution in [0.25, 0.3) is 0 Å². The largest absolute Gasteiger partial charge is 0.373 e. The Morgan fingerprint density at radius 3 is 2.17 bits per heavy atom. The van der Waals surface area contributed by atoms with Crippen LogP contribution in [0.1, 0.15) is 19.4 Å². The fourth-order valence-electron chi connectivity index (χ4n) is 2.79. The molecular formula is C18H19N5O. The van der Waals surface area contributed by atoms with E-state index in [0.717, 1.165) is 25.2 Å². The van der Waals surface area contributed by atoms with Crippen LogP contribution in [-0.2, 0) is 11.3 Å². The van der Waals surface area contributed by atoms with Crippen LogP contribution in [0.2, 0.25) is 0 Å². The van der Waals surface area contributed by atoms with Crippen molar-refractivity contribution in [3.63, 3.8) is 0 Å². The molecule has 0 amide bonds. The molecule has 24 heavy (non-hydrogen) atoms. The summed E-state index contributed by atoms with van der Waals surface area (Å²) in [6.07, 6.45) is 0.460. The summed E-state index contributed by atoms with van der Waals surface area (Å²) in [4.78, 5) is 2.35. The van der Waals surface area contributed by atoms with Crippen LogP contribution in [0.5, 0.6) is 0 Å². The van der Waals surface area contributed by atoms with Crippen LogP contribution < -0.4 is 5.32 Å². The van der Waals surface area contributed by atoms with Crippen molar-refractivity contribution in [3.05, 3.63) is 41.1 Å². The molecule has 2 unspecified atom stereocenters. The SMILES string of the molecule is CC1CN(Cc2ccc(NC(C#N)=C(C#N)C#N)cc2)CC(C)O1. The lowest BCUT2D eigenvalue weighted by Crippen LogP contribution is -2.44. The first-order chi connectivity index (χ1) is 11.5. The molecule has 0 spiro atoms. The Morgan fingerprint density at radius 2 is 1.67 bits per heavy atom. The second-order valence-corrected chi connectivity index (χ2v) is 5.86. The maximum absolute atomic E-state index is 9.05. The fourth-order valence-corrected chi connectivity index (χ4v) is 2.79. The summed E-state index contributed by atoms with van der Waals surface area (Å²) in [7, 11) is 0. The van der Waals surface area contributed by atoms with Crippen molar-refractivity contribution in [3.8, 4) is 18.2 Å². The summed E-state index contributed by atoms with van der Waals surface area (Å²) < 4.78 is 5.73. The van der Waals surface area contributed by atoms with E-state index in [1.165, 1.54) is 0 Å². The molecule has 1 aromatic rings. The van der Waals surface area contributed by atoms with Gasteiger partial charge in [0.1, 0.15) is 23.9 Å². The molecule has 1 aliphatic heterocycles. The predicted octanol–water partition coefficient (Wildman–Crippen LogP) is 2.53. The standard InChI is InChI=1S/C18H19N5O/c1-13-10-23(11-14(2)24-13)12-15-3-5-17(6-4-15)22-18(9-21)16(7-19)8-20/h3-6,13-14,22H,10-12H2,1-2H3. The number of hydrogen-bond donors (Lipinski definition) is 1. The normalized spacial score (nSPS) is 20.3. The minimum Gasteiger partial charge on any atom is -0.373 e. The molecule has 1 heterocycles. The van der Waals surface area contributed by atoms with Crippen molar-refractivity contribution in [2.45, 2.75) is 32.6 Å². The number of anilines is 1. The summed E-state index contributed by atoms with van der Waals surface area (Å²) in [5.41, 5.74) is 1.56. The lowest BCUT2D eigenvalue weighted by molar-refractivity contribution is -0.0704. The molecule has 2 atom stereocenters. The Balaban J connectivity index is 2.04. The third kappa shape index (κ3) is 4.57. The quantitative estimate of drug-likeness (QED) is 0.856. The molecule has 0 radical (unpaired) electrons. The summed E-state index contributed by atoms with van der Waals surface area (Å²) in [6.45, 7) is 6.79. The van der Waals surface area contributed by atoms with Crippen LogP contribution in [-0.4, -0.2) is 30.2 Å². The molecule has 1 aliphatic rings. The number of nitriles is 3. The van der Waals surface area contributed by atoms with Crippen LogP contribution >= 0.6 is 0 Å². The molecule has 1 saturated heterocycles. The van der Waals surface area contributed by atoms with E-state index in [-0.39, 0.29) is 23.5 Å². The highest BCUT2D eigenvalue weighted by atomic mass is 16.5. The minimum atomic E-state index is -0.224. The van der Waals surface area contributed by atoms with Crippen molar-refractivity contribution in [2.24, 2.45) is 0 Å². The van der Waals surface area contributed by atoms with Crippen molar-refractivity contribution in [2.75, 3.05) is 18.4 Å². The second-order valence-electron chi connectivity index (χ2n) is 5.86. The van der Waals surface area contributed by atoms with Gasteiger partial charge in [-0.25, -0.2) is 0 Å². The number of ether oxygens (including phenoxy) is 1. The molecule has 0 aliphatic carbocycles. The molecule has 0 saturated carbocycles. The molecule has 1 fully saturated rings. The van der Waals surface area contributed by atoms with Gasteiger partial charge in [-0.05, 0) is 31.5 Å². The van der Waals surface area contributed by atoms with Crippen LogP contribution in [0, 0.1) is 34.0 Å². The number of nitrogens with one attached hydrogen (secondary N) is 1. The fraction of sp³-hybridized carbons (Fsp3) is 0.389. The summed E-state index contributed by atoms with van der Waals surface area (Å²) in [6, 6.07) is 12.9. The third-order valence-corrected chi connectivity index (χ3v) is 3.71. The van der Waals surface area contributed by atoms with E-state index in [1.54, 1.807) is 12.1 Å². The molecule has 1 aromatic carbocycles. The van der Waals surface area contributed by atoms with Gasteiger partial charge in [0.05, 0.1) is 12.2 Å². The maximum atomic E-state index is 9.05. The molecule has 1 N–H and O–H groups in total. The number of benzene rings is 1. The molecule has 0 bridgehead atoms. The zero-order chi connectivity index (χ0) is 17.5. The Kier molecular flexibility index (Phi) is 5.93. The average Bonchev–Trinajstić information content (AvgIpc) is 2.55. The topological polar surface area (TPSA) is 95.9 Å². The van der Waals surface area contributed by atoms with Gasteiger partial charge >= 0.3 is 0 Å². The summed E-state index contributed by atoms with van der Waals surface area (Å²) in [5.74, 6) is 0. The number of rotatable bonds is 4. The van der Waals surface area contributed by atoms with E-state index < -0.39 is 0 Å². The van der Waals surface area contributed by atoms with Crippen LogP contribution in [0.15, 0.2) is 35.5 Å². The van der Waals surface area contributed by atoms with E-state index in [0.29, 0.717) is 5.69 Å². The van der Waals surface area contributed by atoms with Crippen LogP contribution in [0.3, 0.4) is 0 Å². The van der Waals surface area contributed by atoms with Gasteiger partial charge in [-0.2, -0.15) is 15.8 Å². The van der Waals surface area contributed by atoms with Gasteiger partial charge in [0.25, 0.3) is 0 Å². The molecule has 2 rings (SSSR count). The number of nitrogens with zero attached hydrogens (tertiary/aromatic N) is 4. The van der Waals surface area contributed by atoms with Gasteiger partial charge in [0, 0.05) is 25.3 Å². The highest BCUT2D eigenvalue weighted by Gasteiger charge is 2.21. The number of hydrogen-bond acceptors (Lipinski definition) is 6. The molecule has 6 heteroatoms. The van der Waals surface area contributed by atoms with E-state index in [4.69, 9.17) is 20.5 Å². The van der Waals surface area contributed by atoms with Gasteiger partial charge < -0.3 is 10.1 Å². The van der Waals surface area contributed by atoms with Crippen molar-refractivity contribution in [1.29, 1.82) is 15.8 Å². The van der Waals surface area contributed by atoms with Gasteiger partial charge in [-0.1, -0.05) is 12.1 Å². The van der Waals surface area contributed by atoms with Gasteiger partial charge in [0.15, 0.2) is 5.57 Å². The van der Waals surface area contributed by atoms with E-state index in [2.05, 4.69) is 24.1 Å². The lowest BCUT2D eigenvalue weighted by atomic mass is 10.1. The van der Waals surface area contributed by atoms with Crippen molar-refractivity contribution in [1.82, 2.24) is 4.90 Å². The van der Waals surface area contributed by atoms with Crippen LogP contribution in [0.4, 0.5) is 5.69 Å². The highest BCUT2D eigenvalue weighted by Crippen LogP contribution is 2.17. The molecule has 122 valence electrons. The highest BCUT2D eigenvalue weighted by molar-refractivity contribution is 5.58. The maximum Gasteiger partial charge on any atom is 0.163 e. The zero-order valence-electron chi connectivity index (χ0n) is 13.8. The first kappa shape index (κ1) is 17.5. The first-order valence-corrected chi connectivity index (χ1v) is 7.74. The van der Waals surface area contributed by atoms with Gasteiger partial charge in [-0.15, -0.1) is 0 Å². The monoisotopic (exact) mass is 321 g/mol. The Bertz CT molecular complexity index is 707. The molecular weight excluding hydrogens is 302 g/mol. The number of allylic oxidation sites excluding steroid dienone is 2. The Labute approximate surface area is 142 Å². The summed E-state index contributed by atoms with van der Waals surface area (Å²) >= 11 is 0. The van der Waals surface area contributed by atoms with Crippen molar-refractivity contribution >= 4 is 5.69 Å². The Morgan fingerprint density at radius 1 is 1.08 bits per heavy atom. The second kappa shape index (κ2) is 8.13. The zero-order valence-corrected chi connectivity index (χ0v) is 13.8. The van der Waals surface area contributed by atoms with E-state index >= 15 is 0 Å². The smallest absolute Gasteiger partial charge is 0.163 e. The Hall–Kier alpha value is -2.85. The summed E-state index contributed by atoms with van der Waals surface area (Å²) in [5, 5.41) is 29.5. The molecule has 6 nitrogen and oxygen atoms in total. The lowest BCUT2D eigenvalue weighted by Gasteiger charge is -2.35. The van der Waals surface area contributed by atoms with E-state index in [1.807, 2.05) is 30.3 Å².